The Labute approximate surface area is 74.8 Å². The minimum absolute atomic E-state index is 0.535. The molecule has 73 valence electrons. The maximum atomic E-state index is 11.2. The van der Waals surface area contributed by atoms with Gasteiger partial charge in [0.15, 0.2) is 0 Å². The van der Waals surface area contributed by atoms with Crippen molar-refractivity contribution in [1.82, 2.24) is 10.0 Å². The maximum Gasteiger partial charge on any atom is 0.228 e. The van der Waals surface area contributed by atoms with Gasteiger partial charge in [-0.05, 0) is 12.8 Å². The quantitative estimate of drug-likeness (QED) is 0.622. The van der Waals surface area contributed by atoms with Crippen LogP contribution in [-0.2, 0) is 10.0 Å². The largest absolute Gasteiger partial charge is 0.240 e. The van der Waals surface area contributed by atoms with E-state index in [0.29, 0.717) is 13.1 Å². The van der Waals surface area contributed by atoms with E-state index >= 15 is 0 Å². The lowest BCUT2D eigenvalue weighted by Gasteiger charge is -2.19. The van der Waals surface area contributed by atoms with Crippen molar-refractivity contribution in [3.8, 4) is 0 Å². The van der Waals surface area contributed by atoms with Crippen LogP contribution in [0, 0.1) is 0 Å². The molecule has 0 aliphatic rings. The summed E-state index contributed by atoms with van der Waals surface area (Å²) in [6.07, 6.45) is 1.61. The molecule has 0 amide bonds. The first-order valence-electron chi connectivity index (χ1n) is 4.20. The predicted molar refractivity (Wildman–Crippen MR) is 49.0 cm³/mol. The van der Waals surface area contributed by atoms with Crippen molar-refractivity contribution in [3.63, 3.8) is 0 Å². The average molecular weight is 193 g/mol. The molecule has 12 heavy (non-hydrogen) atoms. The highest BCUT2D eigenvalue weighted by atomic mass is 32.2. The van der Waals surface area contributed by atoms with Gasteiger partial charge in [-0.2, -0.15) is 0 Å². The molecule has 0 bridgehead atoms. The molecule has 0 saturated carbocycles. The van der Waals surface area contributed by atoms with E-state index in [2.05, 4.69) is 0 Å². The van der Waals surface area contributed by atoms with E-state index in [4.69, 9.17) is 5.73 Å². The molecular formula is C7H17N2O2S. The highest BCUT2D eigenvalue weighted by Crippen LogP contribution is 2.02. The van der Waals surface area contributed by atoms with Gasteiger partial charge in [-0.3, -0.25) is 0 Å². The van der Waals surface area contributed by atoms with Crippen LogP contribution in [0.15, 0.2) is 0 Å². The first-order chi connectivity index (χ1) is 5.58. The molecule has 0 saturated heterocycles. The highest BCUT2D eigenvalue weighted by molar-refractivity contribution is 7.89. The lowest BCUT2D eigenvalue weighted by molar-refractivity contribution is 0.410. The molecule has 0 aliphatic heterocycles. The van der Waals surface area contributed by atoms with Gasteiger partial charge in [0.1, 0.15) is 5.88 Å². The van der Waals surface area contributed by atoms with Crippen LogP contribution in [0.25, 0.3) is 0 Å². The van der Waals surface area contributed by atoms with Crippen molar-refractivity contribution in [2.45, 2.75) is 26.7 Å². The monoisotopic (exact) mass is 193 g/mol. The Hall–Kier alpha value is -0.130. The topological polar surface area (TPSA) is 61.2 Å². The van der Waals surface area contributed by atoms with E-state index < -0.39 is 15.9 Å². The van der Waals surface area contributed by atoms with Crippen molar-refractivity contribution in [1.29, 1.82) is 0 Å². The Morgan fingerprint density at radius 2 is 1.58 bits per heavy atom. The number of nitrogens with one attached hydrogen (secondary N) is 1. The molecule has 0 aromatic heterocycles. The van der Waals surface area contributed by atoms with E-state index in [1.165, 1.54) is 4.31 Å². The standard InChI is InChI=1S/C7H17N2O2S/c1-3-5-9(6-4-2)12(10,11)7-8/h8H,3-7H2,1-2H3. The van der Waals surface area contributed by atoms with E-state index in [-0.39, 0.29) is 0 Å². The summed E-state index contributed by atoms with van der Waals surface area (Å²) in [7, 11) is -3.28. The highest BCUT2D eigenvalue weighted by Gasteiger charge is 2.17. The van der Waals surface area contributed by atoms with Crippen molar-refractivity contribution in [3.05, 3.63) is 0 Å². The van der Waals surface area contributed by atoms with Gasteiger partial charge < -0.3 is 0 Å². The molecular weight excluding hydrogens is 176 g/mol. The Morgan fingerprint density at radius 3 is 1.83 bits per heavy atom. The van der Waals surface area contributed by atoms with Crippen molar-refractivity contribution in [2.24, 2.45) is 0 Å². The Bertz CT molecular complexity index is 195. The van der Waals surface area contributed by atoms with E-state index in [9.17, 15) is 8.42 Å². The molecule has 0 atom stereocenters. The summed E-state index contributed by atoms with van der Waals surface area (Å²) in [6.45, 7) is 4.94. The molecule has 0 fully saturated rings. The second-order valence-electron chi connectivity index (χ2n) is 2.66. The zero-order valence-corrected chi connectivity index (χ0v) is 8.52. The minimum Gasteiger partial charge on any atom is -0.240 e. The summed E-state index contributed by atoms with van der Waals surface area (Å²) in [6, 6.07) is 0. The maximum absolute atomic E-state index is 11.2. The second-order valence-corrected chi connectivity index (χ2v) is 4.62. The van der Waals surface area contributed by atoms with Crippen LogP contribution in [0.1, 0.15) is 26.7 Å². The first kappa shape index (κ1) is 11.9. The third-order valence-electron chi connectivity index (χ3n) is 1.52. The lowest BCUT2D eigenvalue weighted by Crippen LogP contribution is -2.34. The smallest absolute Gasteiger partial charge is 0.228 e. The van der Waals surface area contributed by atoms with Crippen LogP contribution in [-0.4, -0.2) is 31.7 Å². The number of hydrogen-bond donors (Lipinski definition) is 0. The van der Waals surface area contributed by atoms with Gasteiger partial charge in [-0.1, -0.05) is 13.8 Å². The number of rotatable bonds is 6. The summed E-state index contributed by atoms with van der Waals surface area (Å²) in [5.74, 6) is -0.535. The van der Waals surface area contributed by atoms with Gasteiger partial charge in [-0.25, -0.2) is 18.5 Å². The molecule has 0 unspecified atom stereocenters. The number of sulfonamides is 1. The normalized spacial score (nSPS) is 12.3. The fourth-order valence-corrected chi connectivity index (χ4v) is 2.08. The van der Waals surface area contributed by atoms with Crippen molar-refractivity contribution < 1.29 is 8.42 Å². The summed E-state index contributed by atoms with van der Waals surface area (Å²) in [4.78, 5) is 0. The van der Waals surface area contributed by atoms with E-state index in [1.807, 2.05) is 13.8 Å². The molecule has 0 aliphatic carbocycles. The molecule has 4 nitrogen and oxygen atoms in total. The summed E-state index contributed by atoms with van der Waals surface area (Å²) in [5, 5.41) is 0. The Balaban J connectivity index is 4.28. The predicted octanol–water partition coefficient (Wildman–Crippen LogP) is 0.679. The third-order valence-corrected chi connectivity index (χ3v) is 3.04. The Kier molecular flexibility index (Phi) is 5.44. The number of hydrogen-bond acceptors (Lipinski definition) is 2. The summed E-state index contributed by atoms with van der Waals surface area (Å²) in [5.41, 5.74) is 6.86. The first-order valence-corrected chi connectivity index (χ1v) is 5.81. The molecule has 1 N–H and O–H groups in total. The average Bonchev–Trinajstić information content (AvgIpc) is 2.04. The van der Waals surface area contributed by atoms with Gasteiger partial charge in [0.2, 0.25) is 10.0 Å². The van der Waals surface area contributed by atoms with Crippen LogP contribution < -0.4 is 5.73 Å². The number of nitrogens with zero attached hydrogens (tertiary/aromatic N) is 1. The van der Waals surface area contributed by atoms with Crippen molar-refractivity contribution >= 4 is 10.0 Å². The van der Waals surface area contributed by atoms with Crippen LogP contribution in [0.2, 0.25) is 0 Å². The van der Waals surface area contributed by atoms with Gasteiger partial charge in [0.25, 0.3) is 0 Å². The fourth-order valence-electron chi connectivity index (χ4n) is 0.980. The van der Waals surface area contributed by atoms with Crippen LogP contribution in [0.5, 0.6) is 0 Å². The van der Waals surface area contributed by atoms with Gasteiger partial charge in [0, 0.05) is 13.1 Å². The van der Waals surface area contributed by atoms with Crippen LogP contribution >= 0.6 is 0 Å². The van der Waals surface area contributed by atoms with E-state index in [0.717, 1.165) is 12.8 Å². The van der Waals surface area contributed by atoms with Gasteiger partial charge in [-0.15, -0.1) is 0 Å². The fraction of sp³-hybridized carbons (Fsp3) is 1.00. The molecule has 0 spiro atoms. The van der Waals surface area contributed by atoms with E-state index in [1.54, 1.807) is 0 Å². The molecule has 0 aromatic carbocycles. The third kappa shape index (κ3) is 3.51. The minimum atomic E-state index is -3.28. The summed E-state index contributed by atoms with van der Waals surface area (Å²) < 4.78 is 23.8. The zero-order valence-electron chi connectivity index (χ0n) is 7.71. The Morgan fingerprint density at radius 1 is 1.17 bits per heavy atom. The SMILES string of the molecule is CCCN(CCC)S(=O)(=O)C[NH]. The second kappa shape index (κ2) is 5.50. The van der Waals surface area contributed by atoms with Crippen molar-refractivity contribution in [2.75, 3.05) is 19.0 Å². The van der Waals surface area contributed by atoms with Crippen LogP contribution in [0.3, 0.4) is 0 Å². The molecule has 0 aromatic rings. The zero-order chi connectivity index (χ0) is 9.61. The molecule has 5 heteroatoms. The molecule has 1 radical (unpaired) electrons. The summed E-state index contributed by atoms with van der Waals surface area (Å²) >= 11 is 0. The molecule has 0 heterocycles. The van der Waals surface area contributed by atoms with Crippen LogP contribution in [0.4, 0.5) is 0 Å². The lowest BCUT2D eigenvalue weighted by atomic mass is 10.4. The molecule has 0 rings (SSSR count). The van der Waals surface area contributed by atoms with Gasteiger partial charge in [0.05, 0.1) is 0 Å². The van der Waals surface area contributed by atoms with Gasteiger partial charge >= 0.3 is 0 Å².